The topological polar surface area (TPSA) is 46.4 Å². The summed E-state index contributed by atoms with van der Waals surface area (Å²) in [6.45, 7) is 6.91. The lowest BCUT2D eigenvalue weighted by Crippen LogP contribution is -2.33. The van der Waals surface area contributed by atoms with Crippen LogP contribution in [0.1, 0.15) is 40.0 Å². The fraction of sp³-hybridized carbons (Fsp3) is 0.688. The van der Waals surface area contributed by atoms with E-state index < -0.39 is 0 Å². The molecule has 1 aliphatic heterocycles. The second-order valence-corrected chi connectivity index (χ2v) is 5.62. The molecule has 0 unspecified atom stereocenters. The summed E-state index contributed by atoms with van der Waals surface area (Å²) >= 11 is 0. The van der Waals surface area contributed by atoms with Crippen molar-refractivity contribution in [2.75, 3.05) is 13.2 Å². The Kier molecular flexibility index (Phi) is 4.73. The van der Waals surface area contributed by atoms with E-state index in [1.807, 2.05) is 17.7 Å². The average molecular weight is 278 g/mol. The number of carbonyl (C=O) groups is 2. The number of ketones is 1. The van der Waals surface area contributed by atoms with Gasteiger partial charge < -0.3 is 4.74 Å². The highest BCUT2D eigenvalue weighted by Crippen LogP contribution is 2.32. The minimum atomic E-state index is -0.305. The van der Waals surface area contributed by atoms with Gasteiger partial charge in [0.1, 0.15) is 5.92 Å². The molecule has 4 heteroatoms. The van der Waals surface area contributed by atoms with Crippen LogP contribution in [-0.2, 0) is 14.3 Å². The molecule has 2 aliphatic rings. The van der Waals surface area contributed by atoms with Crippen molar-refractivity contribution in [2.45, 2.75) is 46.1 Å². The van der Waals surface area contributed by atoms with Crippen LogP contribution in [0.5, 0.6) is 0 Å². The van der Waals surface area contributed by atoms with Crippen LogP contribution in [0.3, 0.4) is 0 Å². The maximum Gasteiger partial charge on any atom is 0.375 e. The van der Waals surface area contributed by atoms with Crippen molar-refractivity contribution in [1.29, 1.82) is 0 Å². The van der Waals surface area contributed by atoms with Crippen LogP contribution in [0.2, 0.25) is 0 Å². The van der Waals surface area contributed by atoms with Crippen molar-refractivity contribution < 1.29 is 18.9 Å². The largest absolute Gasteiger partial charge is 0.461 e. The Bertz CT molecular complexity index is 464. The van der Waals surface area contributed by atoms with Gasteiger partial charge in [-0.2, -0.15) is 0 Å². The highest BCUT2D eigenvalue weighted by Gasteiger charge is 2.45. The first-order chi connectivity index (χ1) is 9.58. The van der Waals surface area contributed by atoms with E-state index in [1.165, 1.54) is 0 Å². The number of allylic oxidation sites excluding steroid dienone is 1. The minimum absolute atomic E-state index is 0.0567. The Morgan fingerprint density at radius 3 is 2.85 bits per heavy atom. The van der Waals surface area contributed by atoms with Crippen LogP contribution in [-0.4, -0.2) is 41.7 Å². The number of unbranched alkanes of at least 4 members (excludes halogenated alkanes) is 1. The molecule has 0 bridgehead atoms. The van der Waals surface area contributed by atoms with E-state index in [-0.39, 0.29) is 29.6 Å². The number of hydrogen-bond acceptors (Lipinski definition) is 3. The van der Waals surface area contributed by atoms with Gasteiger partial charge in [0.15, 0.2) is 18.5 Å². The van der Waals surface area contributed by atoms with E-state index in [0.29, 0.717) is 6.61 Å². The highest BCUT2D eigenvalue weighted by molar-refractivity contribution is 6.08. The van der Waals surface area contributed by atoms with E-state index >= 15 is 0 Å². The summed E-state index contributed by atoms with van der Waals surface area (Å²) in [4.78, 5) is 24.1. The number of hydrogen-bond donors (Lipinski definition) is 0. The van der Waals surface area contributed by atoms with Crippen LogP contribution in [0, 0.1) is 11.8 Å². The molecule has 0 N–H and O–H groups in total. The van der Waals surface area contributed by atoms with Crippen molar-refractivity contribution in [1.82, 2.24) is 0 Å². The molecule has 0 radical (unpaired) electrons. The summed E-state index contributed by atoms with van der Waals surface area (Å²) < 4.78 is 7.00. The molecule has 0 saturated heterocycles. The Morgan fingerprint density at radius 1 is 1.50 bits per heavy atom. The number of esters is 1. The third-order valence-electron chi connectivity index (χ3n) is 4.19. The van der Waals surface area contributed by atoms with E-state index in [2.05, 4.69) is 13.0 Å². The molecule has 1 heterocycles. The lowest BCUT2D eigenvalue weighted by Gasteiger charge is -2.08. The molecular weight excluding hydrogens is 254 g/mol. The van der Waals surface area contributed by atoms with Crippen molar-refractivity contribution in [2.24, 2.45) is 11.8 Å². The summed E-state index contributed by atoms with van der Waals surface area (Å²) in [6, 6.07) is -0.305. The molecule has 0 aromatic heterocycles. The van der Waals surface area contributed by atoms with Gasteiger partial charge in [-0.3, -0.25) is 4.79 Å². The zero-order chi connectivity index (χ0) is 14.7. The molecule has 3 atom stereocenters. The third-order valence-corrected chi connectivity index (χ3v) is 4.19. The van der Waals surface area contributed by atoms with Crippen LogP contribution in [0.25, 0.3) is 0 Å². The van der Waals surface area contributed by atoms with Gasteiger partial charge >= 0.3 is 5.97 Å². The Balaban J connectivity index is 2.00. The van der Waals surface area contributed by atoms with Crippen molar-refractivity contribution in [3.8, 4) is 0 Å². The number of Topliss-reactive ketones (excluding diaryl/α,β-unsaturated/α-hetero) is 1. The molecule has 110 valence electrons. The summed E-state index contributed by atoms with van der Waals surface area (Å²) in [5.41, 5.74) is 0.988. The standard InChI is InChI=1S/C16H24NO3/c1-4-6-7-12-8-13-9-17(10-14(13)15(12)18)11(3)16(19)20-5-2/h8,10-11,13-14H,4-7,9H2,1-3H3/q+1/t11-,13+,14-/m0/s1. The predicted octanol–water partition coefficient (Wildman–Crippen LogP) is 1.97. The number of nitrogens with zero attached hydrogens (tertiary/aromatic N) is 1. The van der Waals surface area contributed by atoms with Crippen LogP contribution in [0.15, 0.2) is 11.6 Å². The fourth-order valence-corrected chi connectivity index (χ4v) is 2.97. The van der Waals surface area contributed by atoms with Gasteiger partial charge in [0, 0.05) is 6.92 Å². The van der Waals surface area contributed by atoms with Gasteiger partial charge in [-0.05, 0) is 25.3 Å². The van der Waals surface area contributed by atoms with Crippen LogP contribution >= 0.6 is 0 Å². The van der Waals surface area contributed by atoms with Gasteiger partial charge in [0.05, 0.1) is 12.5 Å². The minimum Gasteiger partial charge on any atom is -0.461 e. The highest BCUT2D eigenvalue weighted by atomic mass is 16.5. The molecule has 0 fully saturated rings. The average Bonchev–Trinajstić information content (AvgIpc) is 2.96. The molecule has 4 nitrogen and oxygen atoms in total. The lowest BCUT2D eigenvalue weighted by molar-refractivity contribution is -0.543. The first-order valence-electron chi connectivity index (χ1n) is 7.60. The van der Waals surface area contributed by atoms with Crippen LogP contribution in [0.4, 0.5) is 0 Å². The van der Waals surface area contributed by atoms with E-state index in [1.54, 1.807) is 6.92 Å². The predicted molar refractivity (Wildman–Crippen MR) is 76.9 cm³/mol. The van der Waals surface area contributed by atoms with E-state index in [0.717, 1.165) is 31.4 Å². The fourth-order valence-electron chi connectivity index (χ4n) is 2.97. The number of rotatable bonds is 6. The first-order valence-corrected chi connectivity index (χ1v) is 7.60. The van der Waals surface area contributed by atoms with Crippen LogP contribution < -0.4 is 0 Å². The van der Waals surface area contributed by atoms with Crippen molar-refractivity contribution in [3.63, 3.8) is 0 Å². The maximum absolute atomic E-state index is 12.3. The summed E-state index contributed by atoms with van der Waals surface area (Å²) in [7, 11) is 0. The lowest BCUT2D eigenvalue weighted by atomic mass is 9.98. The molecule has 0 amide bonds. The molecule has 0 aromatic carbocycles. The van der Waals surface area contributed by atoms with Gasteiger partial charge in [0.2, 0.25) is 6.04 Å². The molecule has 0 saturated carbocycles. The van der Waals surface area contributed by atoms with Crippen molar-refractivity contribution >= 4 is 18.0 Å². The van der Waals surface area contributed by atoms with Gasteiger partial charge in [-0.25, -0.2) is 9.37 Å². The Labute approximate surface area is 120 Å². The smallest absolute Gasteiger partial charge is 0.375 e. The second kappa shape index (κ2) is 6.33. The third kappa shape index (κ3) is 2.84. The van der Waals surface area contributed by atoms with Crippen molar-refractivity contribution in [3.05, 3.63) is 11.6 Å². The zero-order valence-corrected chi connectivity index (χ0v) is 12.6. The van der Waals surface area contributed by atoms with E-state index in [4.69, 9.17) is 4.74 Å². The molecule has 0 spiro atoms. The summed E-state index contributed by atoms with van der Waals surface area (Å²) in [5, 5.41) is 0. The Morgan fingerprint density at radius 2 is 2.25 bits per heavy atom. The molecule has 20 heavy (non-hydrogen) atoms. The second-order valence-electron chi connectivity index (χ2n) is 5.62. The quantitative estimate of drug-likeness (QED) is 0.551. The summed E-state index contributed by atoms with van der Waals surface area (Å²) in [6.07, 6.45) is 7.13. The SMILES string of the molecule is CCCCC1=C[C@@H]2C[N+]([C@@H](C)C(=O)OCC)=C[C@@H]2C1=O. The van der Waals surface area contributed by atoms with Gasteiger partial charge in [0.25, 0.3) is 0 Å². The maximum atomic E-state index is 12.3. The molecule has 0 aromatic rings. The van der Waals surface area contributed by atoms with E-state index in [9.17, 15) is 9.59 Å². The number of carbonyl (C=O) groups excluding carboxylic acids is 2. The summed E-state index contributed by atoms with van der Waals surface area (Å²) in [5.74, 6) is 0.221. The van der Waals surface area contributed by atoms with Gasteiger partial charge in [-0.15, -0.1) is 0 Å². The number of fused-ring (bicyclic) bond motifs is 1. The molecule has 1 aliphatic carbocycles. The monoisotopic (exact) mass is 278 g/mol. The molecule has 2 rings (SSSR count). The first kappa shape index (κ1) is 14.9. The Hall–Kier alpha value is -1.45. The van der Waals surface area contributed by atoms with Gasteiger partial charge in [-0.1, -0.05) is 19.4 Å². The normalized spacial score (nSPS) is 26.1. The zero-order valence-electron chi connectivity index (χ0n) is 12.6. The molecular formula is C16H24NO3+. The number of ether oxygens (including phenoxy) is 1.